The van der Waals surface area contributed by atoms with Gasteiger partial charge in [-0.25, -0.2) is 0 Å². The average Bonchev–Trinajstić information content (AvgIpc) is 2.97. The predicted molar refractivity (Wildman–Crippen MR) is 118 cm³/mol. The minimum atomic E-state index is -0.743. The van der Waals surface area contributed by atoms with Gasteiger partial charge in [0.05, 0.1) is 17.7 Å². The molecule has 1 aliphatic rings. The molecule has 0 saturated carbocycles. The number of amides is 1. The molecule has 0 bridgehead atoms. The molecule has 0 aromatic heterocycles. The summed E-state index contributed by atoms with van der Waals surface area (Å²) in [4.78, 5) is 29.2. The lowest BCUT2D eigenvalue weighted by Crippen LogP contribution is -2.35. The first-order chi connectivity index (χ1) is 14.7. The lowest BCUT2D eigenvalue weighted by molar-refractivity contribution is -0.140. The fourth-order valence-corrected chi connectivity index (χ4v) is 3.54. The summed E-state index contributed by atoms with van der Waals surface area (Å²) < 4.78 is 5.63. The van der Waals surface area contributed by atoms with Crippen molar-refractivity contribution in [2.24, 2.45) is 0 Å². The molecule has 2 N–H and O–H groups in total. The van der Waals surface area contributed by atoms with Crippen LogP contribution in [0.4, 0.5) is 0 Å². The summed E-state index contributed by atoms with van der Waals surface area (Å²) in [6, 6.07) is 12.3. The van der Waals surface area contributed by atoms with E-state index in [2.05, 4.69) is 0 Å². The molecule has 1 aliphatic heterocycles. The number of aliphatic hydroxyl groups is 1. The lowest BCUT2D eigenvalue weighted by Gasteiger charge is -2.26. The topological polar surface area (TPSA) is 90.3 Å². The van der Waals surface area contributed by atoms with Gasteiger partial charge in [-0.15, -0.1) is 0 Å². The molecule has 1 saturated heterocycles. The lowest BCUT2D eigenvalue weighted by atomic mass is 9.95. The normalized spacial score (nSPS) is 18.3. The number of phenols is 1. The van der Waals surface area contributed by atoms with Crippen LogP contribution in [0.3, 0.4) is 0 Å². The number of aromatic hydroxyl groups is 1. The number of rotatable bonds is 7. The molecule has 2 aromatic carbocycles. The van der Waals surface area contributed by atoms with Gasteiger partial charge >= 0.3 is 0 Å². The van der Waals surface area contributed by atoms with Crippen LogP contribution in [0, 0.1) is 0 Å². The molecule has 0 radical (unpaired) electrons. The van der Waals surface area contributed by atoms with Gasteiger partial charge in [-0.3, -0.25) is 9.59 Å². The molecule has 0 spiro atoms. The summed E-state index contributed by atoms with van der Waals surface area (Å²) in [5, 5.41) is 20.7. The Bertz CT molecular complexity index is 978. The predicted octanol–water partition coefficient (Wildman–Crippen LogP) is 3.16. The van der Waals surface area contributed by atoms with Crippen molar-refractivity contribution in [2.75, 3.05) is 27.2 Å². The fraction of sp³-hybridized carbons (Fsp3) is 0.333. The van der Waals surface area contributed by atoms with Crippen molar-refractivity contribution in [1.82, 2.24) is 9.80 Å². The molecule has 3 rings (SSSR count). The van der Waals surface area contributed by atoms with E-state index < -0.39 is 17.7 Å². The first-order valence-corrected chi connectivity index (χ1v) is 10.2. The molecule has 7 heteroatoms. The van der Waals surface area contributed by atoms with E-state index in [-0.39, 0.29) is 23.2 Å². The molecule has 1 amide bonds. The maximum Gasteiger partial charge on any atom is 0.295 e. The number of benzene rings is 2. The van der Waals surface area contributed by atoms with Crippen LogP contribution in [-0.4, -0.2) is 65.0 Å². The minimum absolute atomic E-state index is 0.0102. The number of carbonyl (C=O) groups excluding carboxylic acids is 2. The zero-order chi connectivity index (χ0) is 22.7. The van der Waals surface area contributed by atoms with Gasteiger partial charge in [0.1, 0.15) is 17.3 Å². The van der Waals surface area contributed by atoms with Crippen molar-refractivity contribution in [1.29, 1.82) is 0 Å². The Morgan fingerprint density at radius 1 is 1.06 bits per heavy atom. The second-order valence-corrected chi connectivity index (χ2v) is 8.08. The van der Waals surface area contributed by atoms with E-state index in [1.807, 2.05) is 32.8 Å². The first-order valence-electron chi connectivity index (χ1n) is 10.2. The number of likely N-dealkylation sites (tertiary alicyclic amines) is 1. The van der Waals surface area contributed by atoms with Gasteiger partial charge in [0.25, 0.3) is 11.7 Å². The highest BCUT2D eigenvalue weighted by atomic mass is 16.5. The molecule has 1 heterocycles. The molecule has 0 unspecified atom stereocenters. The van der Waals surface area contributed by atoms with Crippen molar-refractivity contribution < 1.29 is 24.5 Å². The molecule has 1 atom stereocenters. The number of aliphatic hydroxyl groups excluding tert-OH is 1. The number of Topliss-reactive ketones (excluding diaryl/α,β-unsaturated/α-hetero) is 1. The molecule has 1 fully saturated rings. The van der Waals surface area contributed by atoms with E-state index in [0.717, 1.165) is 0 Å². The Hall–Kier alpha value is -3.32. The number of phenolic OH excluding ortho intramolecular Hbond substituents is 1. The van der Waals surface area contributed by atoms with Crippen LogP contribution in [0.15, 0.2) is 54.1 Å². The number of hydrogen-bond acceptors (Lipinski definition) is 6. The van der Waals surface area contributed by atoms with Gasteiger partial charge < -0.3 is 24.7 Å². The van der Waals surface area contributed by atoms with E-state index in [1.54, 1.807) is 36.4 Å². The van der Waals surface area contributed by atoms with Crippen LogP contribution in [0.5, 0.6) is 11.5 Å². The van der Waals surface area contributed by atoms with E-state index in [9.17, 15) is 19.8 Å². The van der Waals surface area contributed by atoms with Crippen LogP contribution < -0.4 is 4.74 Å². The van der Waals surface area contributed by atoms with E-state index in [1.165, 1.54) is 17.0 Å². The number of hydrogen-bond donors (Lipinski definition) is 2. The zero-order valence-electron chi connectivity index (χ0n) is 18.2. The summed E-state index contributed by atoms with van der Waals surface area (Å²) >= 11 is 0. The van der Waals surface area contributed by atoms with E-state index in [0.29, 0.717) is 30.0 Å². The molecule has 164 valence electrons. The summed E-state index contributed by atoms with van der Waals surface area (Å²) in [5.74, 6) is -0.888. The Balaban J connectivity index is 2.06. The van der Waals surface area contributed by atoms with Gasteiger partial charge in [-0.05, 0) is 69.9 Å². The highest BCUT2D eigenvalue weighted by molar-refractivity contribution is 6.46. The van der Waals surface area contributed by atoms with Crippen molar-refractivity contribution in [3.8, 4) is 11.5 Å². The van der Waals surface area contributed by atoms with Crippen LogP contribution in [0.1, 0.15) is 31.0 Å². The zero-order valence-corrected chi connectivity index (χ0v) is 18.2. The summed E-state index contributed by atoms with van der Waals surface area (Å²) in [7, 11) is 3.76. The second kappa shape index (κ2) is 9.22. The Morgan fingerprint density at radius 2 is 1.68 bits per heavy atom. The SMILES string of the molecule is CC(C)Oc1ccc(C(O)=C2C(=O)C(=O)N(CCN(C)C)[C@H]2c2ccc(O)cc2)cc1. The van der Waals surface area contributed by atoms with E-state index >= 15 is 0 Å². The first kappa shape index (κ1) is 22.4. The van der Waals surface area contributed by atoms with Crippen molar-refractivity contribution in [3.63, 3.8) is 0 Å². The Kier molecular flexibility index (Phi) is 6.65. The molecule has 31 heavy (non-hydrogen) atoms. The number of nitrogens with zero attached hydrogens (tertiary/aromatic N) is 2. The van der Waals surface area contributed by atoms with Crippen LogP contribution in [0.25, 0.3) is 5.76 Å². The minimum Gasteiger partial charge on any atom is -0.508 e. The quantitative estimate of drug-likeness (QED) is 0.403. The monoisotopic (exact) mass is 424 g/mol. The Morgan fingerprint density at radius 3 is 2.23 bits per heavy atom. The van der Waals surface area contributed by atoms with Gasteiger partial charge in [-0.2, -0.15) is 0 Å². The third-order valence-corrected chi connectivity index (χ3v) is 5.04. The number of carbonyl (C=O) groups is 2. The Labute approximate surface area is 182 Å². The summed E-state index contributed by atoms with van der Waals surface area (Å²) in [6.07, 6.45) is 0.0102. The second-order valence-electron chi connectivity index (χ2n) is 8.08. The summed E-state index contributed by atoms with van der Waals surface area (Å²) in [5.41, 5.74) is 1.09. The van der Waals surface area contributed by atoms with Crippen LogP contribution >= 0.6 is 0 Å². The molecule has 7 nitrogen and oxygen atoms in total. The highest BCUT2D eigenvalue weighted by Gasteiger charge is 2.45. The molecule has 2 aromatic rings. The van der Waals surface area contributed by atoms with Crippen molar-refractivity contribution >= 4 is 17.4 Å². The number of likely N-dealkylation sites (N-methyl/N-ethyl adjacent to an activating group) is 1. The van der Waals surface area contributed by atoms with Crippen molar-refractivity contribution in [3.05, 3.63) is 65.2 Å². The molecular weight excluding hydrogens is 396 g/mol. The van der Waals surface area contributed by atoms with Crippen LogP contribution in [0.2, 0.25) is 0 Å². The van der Waals surface area contributed by atoms with Gasteiger partial charge in [0.15, 0.2) is 0 Å². The maximum atomic E-state index is 12.9. The van der Waals surface area contributed by atoms with Gasteiger partial charge in [0, 0.05) is 18.7 Å². The van der Waals surface area contributed by atoms with E-state index in [4.69, 9.17) is 4.74 Å². The van der Waals surface area contributed by atoms with Crippen molar-refractivity contribution in [2.45, 2.75) is 26.0 Å². The van der Waals surface area contributed by atoms with Gasteiger partial charge in [-0.1, -0.05) is 12.1 Å². The largest absolute Gasteiger partial charge is 0.508 e. The number of ether oxygens (including phenoxy) is 1. The van der Waals surface area contributed by atoms with Gasteiger partial charge in [0.2, 0.25) is 0 Å². The molecular formula is C24H28N2O5. The smallest absolute Gasteiger partial charge is 0.295 e. The van der Waals surface area contributed by atoms with Crippen LogP contribution in [-0.2, 0) is 9.59 Å². The standard InChI is InChI=1S/C24H28N2O5/c1-15(2)31-19-11-7-17(8-12-19)22(28)20-21(16-5-9-18(27)10-6-16)26(14-13-25(3)4)24(30)23(20)29/h5-12,15,21,27-28H,13-14H2,1-4H3/t21-/m0/s1. The average molecular weight is 424 g/mol. The maximum absolute atomic E-state index is 12.9. The third-order valence-electron chi connectivity index (χ3n) is 5.04. The number of ketones is 1. The molecule has 0 aliphatic carbocycles. The third kappa shape index (κ3) is 4.88. The highest BCUT2D eigenvalue weighted by Crippen LogP contribution is 2.39. The summed E-state index contributed by atoms with van der Waals surface area (Å²) in [6.45, 7) is 4.71. The fourth-order valence-electron chi connectivity index (χ4n) is 3.54.